The van der Waals surface area contributed by atoms with Crippen molar-refractivity contribution >= 4 is 22.9 Å². The molecule has 0 aliphatic rings. The number of carbonyl (C=O) groups excluding carboxylic acids is 1. The molecule has 0 atom stereocenters. The van der Waals surface area contributed by atoms with Gasteiger partial charge in [0.05, 0.1) is 12.2 Å². The summed E-state index contributed by atoms with van der Waals surface area (Å²) in [5.74, 6) is 4.82. The number of rotatable bonds is 5. The summed E-state index contributed by atoms with van der Waals surface area (Å²) in [6.07, 6.45) is -3.03. The molecule has 19 heavy (non-hydrogen) atoms. The van der Waals surface area contributed by atoms with E-state index >= 15 is 0 Å². The van der Waals surface area contributed by atoms with Gasteiger partial charge in [-0.15, -0.1) is 0 Å². The molecule has 0 bridgehead atoms. The smallest absolute Gasteiger partial charge is 0.304 e. The van der Waals surface area contributed by atoms with Crippen LogP contribution in [-0.4, -0.2) is 11.8 Å². The first-order valence-corrected chi connectivity index (χ1v) is 5.61. The van der Waals surface area contributed by atoms with E-state index in [9.17, 15) is 18.0 Å². The molecule has 1 aromatic rings. The maximum atomic E-state index is 12.5. The highest BCUT2D eigenvalue weighted by Gasteiger charge is 2.30. The molecule has 0 saturated carbocycles. The highest BCUT2D eigenvalue weighted by molar-refractivity contribution is 6.68. The normalized spacial score (nSPS) is 12.6. The van der Waals surface area contributed by atoms with Crippen LogP contribution in [0.5, 0.6) is 0 Å². The van der Waals surface area contributed by atoms with Crippen molar-refractivity contribution in [3.8, 4) is 0 Å². The van der Waals surface area contributed by atoms with Crippen LogP contribution in [0.3, 0.4) is 0 Å². The molecule has 0 fully saturated rings. The topological polar surface area (TPSA) is 52.3 Å². The van der Waals surface area contributed by atoms with Crippen molar-refractivity contribution < 1.29 is 22.8 Å². The fourth-order valence-electron chi connectivity index (χ4n) is 1.40. The van der Waals surface area contributed by atoms with E-state index < -0.39 is 17.0 Å². The standard InChI is InChI=1S/C12H11ClF3NO2/c13-11(18)9(4-5-19-17)6-8-2-1-3-10(7-8)12(14,15)16/h1-3,6-7H,4-5,17H2. The van der Waals surface area contributed by atoms with Crippen molar-refractivity contribution in [2.75, 3.05) is 6.61 Å². The van der Waals surface area contributed by atoms with Gasteiger partial charge in [0.25, 0.3) is 0 Å². The zero-order valence-electron chi connectivity index (χ0n) is 9.71. The largest absolute Gasteiger partial charge is 0.416 e. The van der Waals surface area contributed by atoms with Gasteiger partial charge < -0.3 is 4.84 Å². The third kappa shape index (κ3) is 5.02. The Bertz CT molecular complexity index is 486. The second kappa shape index (κ2) is 6.70. The number of hydrogen-bond acceptors (Lipinski definition) is 3. The van der Waals surface area contributed by atoms with E-state index in [1.54, 1.807) is 0 Å². The van der Waals surface area contributed by atoms with Gasteiger partial charge in [0.2, 0.25) is 5.24 Å². The number of halogens is 4. The predicted octanol–water partition coefficient (Wildman–Crippen LogP) is 3.13. The molecule has 1 aromatic carbocycles. The van der Waals surface area contributed by atoms with E-state index in [1.165, 1.54) is 18.2 Å². The fourth-order valence-corrected chi connectivity index (χ4v) is 1.55. The zero-order valence-corrected chi connectivity index (χ0v) is 10.5. The number of benzene rings is 1. The van der Waals surface area contributed by atoms with E-state index in [1.807, 2.05) is 0 Å². The van der Waals surface area contributed by atoms with Gasteiger partial charge >= 0.3 is 6.18 Å². The maximum Gasteiger partial charge on any atom is 0.416 e. The van der Waals surface area contributed by atoms with Crippen LogP contribution in [0.25, 0.3) is 6.08 Å². The van der Waals surface area contributed by atoms with Gasteiger partial charge in [-0.1, -0.05) is 12.1 Å². The third-order valence-corrected chi connectivity index (χ3v) is 2.54. The second-order valence-corrected chi connectivity index (χ2v) is 4.03. The van der Waals surface area contributed by atoms with Crippen molar-refractivity contribution in [3.05, 3.63) is 41.0 Å². The molecule has 3 nitrogen and oxygen atoms in total. The summed E-state index contributed by atoms with van der Waals surface area (Å²) in [7, 11) is 0. The Balaban J connectivity index is 3.04. The molecular weight excluding hydrogens is 283 g/mol. The van der Waals surface area contributed by atoms with E-state index in [-0.39, 0.29) is 24.2 Å². The van der Waals surface area contributed by atoms with Gasteiger partial charge in [0, 0.05) is 12.0 Å². The van der Waals surface area contributed by atoms with E-state index in [0.29, 0.717) is 0 Å². The molecule has 0 aromatic heterocycles. The number of carbonyl (C=O) groups is 1. The summed E-state index contributed by atoms with van der Waals surface area (Å²) >= 11 is 5.33. The van der Waals surface area contributed by atoms with Crippen LogP contribution in [0.15, 0.2) is 29.8 Å². The first kappa shape index (κ1) is 15.7. The van der Waals surface area contributed by atoms with Gasteiger partial charge in [0.1, 0.15) is 0 Å². The van der Waals surface area contributed by atoms with Gasteiger partial charge in [-0.05, 0) is 35.4 Å². The summed E-state index contributed by atoms with van der Waals surface area (Å²) in [6.45, 7) is 0.0449. The monoisotopic (exact) mass is 293 g/mol. The Morgan fingerprint density at radius 3 is 2.63 bits per heavy atom. The summed E-state index contributed by atoms with van der Waals surface area (Å²) in [5.41, 5.74) is -0.431. The average Bonchev–Trinajstić information content (AvgIpc) is 2.33. The van der Waals surface area contributed by atoms with Crippen LogP contribution in [0.4, 0.5) is 13.2 Å². The molecule has 1 rings (SSSR count). The van der Waals surface area contributed by atoms with Gasteiger partial charge in [-0.2, -0.15) is 13.2 Å². The lowest BCUT2D eigenvalue weighted by Crippen LogP contribution is -2.06. The van der Waals surface area contributed by atoms with Gasteiger partial charge in [-0.3, -0.25) is 4.79 Å². The summed E-state index contributed by atoms with van der Waals surface area (Å²) < 4.78 is 37.5. The molecule has 7 heteroatoms. The Kier molecular flexibility index (Phi) is 5.53. The molecule has 0 aliphatic carbocycles. The molecule has 0 aliphatic heterocycles. The average molecular weight is 294 g/mol. The number of alkyl halides is 3. The molecule has 0 spiro atoms. The number of hydrogen-bond donors (Lipinski definition) is 1. The Labute approximate surface area is 112 Å². The van der Waals surface area contributed by atoms with Crippen molar-refractivity contribution in [2.24, 2.45) is 5.90 Å². The molecule has 0 saturated heterocycles. The maximum absolute atomic E-state index is 12.5. The van der Waals surface area contributed by atoms with Crippen LogP contribution in [0, 0.1) is 0 Å². The molecule has 2 N–H and O–H groups in total. The SMILES string of the molecule is NOCCC(=Cc1cccc(C(F)(F)F)c1)C(=O)Cl. The molecule has 104 valence electrons. The summed E-state index contributed by atoms with van der Waals surface area (Å²) in [6, 6.07) is 4.58. The highest BCUT2D eigenvalue weighted by atomic mass is 35.5. The number of nitrogens with two attached hydrogens (primary N) is 1. The van der Waals surface area contributed by atoms with Gasteiger partial charge in [0.15, 0.2) is 0 Å². The van der Waals surface area contributed by atoms with E-state index in [4.69, 9.17) is 17.5 Å². The zero-order chi connectivity index (χ0) is 14.5. The molecule has 0 heterocycles. The predicted molar refractivity (Wildman–Crippen MR) is 65.0 cm³/mol. The Morgan fingerprint density at radius 1 is 1.42 bits per heavy atom. The minimum atomic E-state index is -4.44. The lowest BCUT2D eigenvalue weighted by Gasteiger charge is -2.07. The molecule has 0 unspecified atom stereocenters. The van der Waals surface area contributed by atoms with Crippen molar-refractivity contribution in [2.45, 2.75) is 12.6 Å². The van der Waals surface area contributed by atoms with Crippen molar-refractivity contribution in [3.63, 3.8) is 0 Å². The lowest BCUT2D eigenvalue weighted by molar-refractivity contribution is -0.137. The third-order valence-electron chi connectivity index (χ3n) is 2.30. The lowest BCUT2D eigenvalue weighted by atomic mass is 10.1. The quantitative estimate of drug-likeness (QED) is 0.515. The summed E-state index contributed by atoms with van der Waals surface area (Å²) in [5, 5.41) is -0.755. The molecular formula is C12H11ClF3NO2. The van der Waals surface area contributed by atoms with Crippen LogP contribution in [0.1, 0.15) is 17.5 Å². The molecule has 0 radical (unpaired) electrons. The highest BCUT2D eigenvalue weighted by Crippen LogP contribution is 2.30. The van der Waals surface area contributed by atoms with Crippen molar-refractivity contribution in [1.82, 2.24) is 0 Å². The van der Waals surface area contributed by atoms with Gasteiger partial charge in [-0.25, -0.2) is 5.90 Å². The first-order valence-electron chi connectivity index (χ1n) is 5.24. The van der Waals surface area contributed by atoms with E-state index in [0.717, 1.165) is 12.1 Å². The van der Waals surface area contributed by atoms with Crippen LogP contribution in [-0.2, 0) is 15.8 Å². The van der Waals surface area contributed by atoms with E-state index in [2.05, 4.69) is 4.84 Å². The molecule has 0 amide bonds. The van der Waals surface area contributed by atoms with Crippen LogP contribution in [0.2, 0.25) is 0 Å². The minimum absolute atomic E-state index is 0.0449. The fraction of sp³-hybridized carbons (Fsp3) is 0.250. The van der Waals surface area contributed by atoms with Crippen LogP contribution >= 0.6 is 11.6 Å². The van der Waals surface area contributed by atoms with Crippen LogP contribution < -0.4 is 5.90 Å². The minimum Gasteiger partial charge on any atom is -0.304 e. The first-order chi connectivity index (χ1) is 8.84. The van der Waals surface area contributed by atoms with Crippen molar-refractivity contribution in [1.29, 1.82) is 0 Å². The summed E-state index contributed by atoms with van der Waals surface area (Å²) in [4.78, 5) is 15.4. The second-order valence-electron chi connectivity index (χ2n) is 3.69. The Morgan fingerprint density at radius 2 is 2.11 bits per heavy atom. The Hall–Kier alpha value is -1.37.